The summed E-state index contributed by atoms with van der Waals surface area (Å²) in [7, 11) is 3.87. The van der Waals surface area contributed by atoms with E-state index in [9.17, 15) is 10.1 Å². The number of ether oxygens (including phenoxy) is 1. The number of nitrogens with zero attached hydrogens (tertiary/aromatic N) is 2. The highest BCUT2D eigenvalue weighted by Gasteiger charge is 2.11. The van der Waals surface area contributed by atoms with Crippen LogP contribution in [0.25, 0.3) is 6.08 Å². The first-order valence-electron chi connectivity index (χ1n) is 7.41. The number of anilines is 1. The zero-order valence-corrected chi connectivity index (χ0v) is 15.3. The Bertz CT molecular complexity index is 837. The molecule has 0 saturated carbocycles. The Morgan fingerprint density at radius 3 is 2.40 bits per heavy atom. The molecule has 128 valence electrons. The highest BCUT2D eigenvalue weighted by atomic mass is 35.5. The Labute approximate surface area is 156 Å². The lowest BCUT2D eigenvalue weighted by Crippen LogP contribution is -2.08. The number of hydrogen-bond donors (Lipinski definition) is 0. The molecule has 4 nitrogen and oxygen atoms in total. The van der Waals surface area contributed by atoms with Crippen LogP contribution >= 0.6 is 23.2 Å². The Hall–Kier alpha value is -2.48. The summed E-state index contributed by atoms with van der Waals surface area (Å²) in [6, 6.07) is 14.3. The first-order chi connectivity index (χ1) is 11.9. The van der Waals surface area contributed by atoms with Gasteiger partial charge >= 0.3 is 5.97 Å². The molecular formula is C19H16Cl2N2O2. The molecule has 0 spiro atoms. The van der Waals surface area contributed by atoms with E-state index in [0.29, 0.717) is 15.6 Å². The highest BCUT2D eigenvalue weighted by molar-refractivity contribution is 6.42. The summed E-state index contributed by atoms with van der Waals surface area (Å²) in [6.07, 6.45) is 1.50. The van der Waals surface area contributed by atoms with Crippen LogP contribution in [-0.2, 0) is 16.1 Å². The molecule has 0 amide bonds. The minimum Gasteiger partial charge on any atom is -0.457 e. The number of halogens is 2. The number of esters is 1. The molecule has 2 rings (SSSR count). The van der Waals surface area contributed by atoms with Crippen molar-refractivity contribution in [2.24, 2.45) is 0 Å². The quantitative estimate of drug-likeness (QED) is 0.432. The largest absolute Gasteiger partial charge is 0.457 e. The maximum absolute atomic E-state index is 12.1. The van der Waals surface area contributed by atoms with Crippen molar-refractivity contribution in [2.45, 2.75) is 6.61 Å². The van der Waals surface area contributed by atoms with Crippen LogP contribution < -0.4 is 4.90 Å². The van der Waals surface area contributed by atoms with Crippen LogP contribution in [0.2, 0.25) is 10.0 Å². The van der Waals surface area contributed by atoms with Crippen LogP contribution in [0.5, 0.6) is 0 Å². The molecule has 25 heavy (non-hydrogen) atoms. The number of benzene rings is 2. The Morgan fingerprint density at radius 1 is 1.16 bits per heavy atom. The fraction of sp³-hybridized carbons (Fsp3) is 0.158. The van der Waals surface area contributed by atoms with Crippen LogP contribution in [0, 0.1) is 11.3 Å². The lowest BCUT2D eigenvalue weighted by Gasteiger charge is -2.11. The number of nitriles is 1. The molecule has 0 fully saturated rings. The second kappa shape index (κ2) is 8.57. The topological polar surface area (TPSA) is 53.3 Å². The minimum absolute atomic E-state index is 0.00824. The van der Waals surface area contributed by atoms with E-state index in [-0.39, 0.29) is 12.2 Å². The summed E-state index contributed by atoms with van der Waals surface area (Å²) in [5.41, 5.74) is 2.39. The van der Waals surface area contributed by atoms with Gasteiger partial charge in [0.25, 0.3) is 0 Å². The molecule has 0 radical (unpaired) electrons. The van der Waals surface area contributed by atoms with Crippen molar-refractivity contribution < 1.29 is 9.53 Å². The van der Waals surface area contributed by atoms with Gasteiger partial charge in [0.1, 0.15) is 18.2 Å². The molecule has 2 aromatic carbocycles. The second-order valence-electron chi connectivity index (χ2n) is 5.48. The summed E-state index contributed by atoms with van der Waals surface area (Å²) >= 11 is 11.8. The monoisotopic (exact) mass is 374 g/mol. The van der Waals surface area contributed by atoms with Gasteiger partial charge in [0.15, 0.2) is 0 Å². The molecule has 2 aromatic rings. The van der Waals surface area contributed by atoms with E-state index >= 15 is 0 Å². The third-order valence-electron chi connectivity index (χ3n) is 3.41. The third-order valence-corrected chi connectivity index (χ3v) is 4.15. The smallest absolute Gasteiger partial charge is 0.349 e. The van der Waals surface area contributed by atoms with Crippen molar-refractivity contribution >= 4 is 40.9 Å². The van der Waals surface area contributed by atoms with E-state index in [0.717, 1.165) is 11.3 Å². The summed E-state index contributed by atoms with van der Waals surface area (Å²) in [6.45, 7) is 0.00824. The Kier molecular flexibility index (Phi) is 6.46. The van der Waals surface area contributed by atoms with E-state index in [1.54, 1.807) is 18.2 Å². The number of hydrogen-bond acceptors (Lipinski definition) is 4. The molecular weight excluding hydrogens is 359 g/mol. The summed E-state index contributed by atoms with van der Waals surface area (Å²) in [5.74, 6) is -0.690. The first kappa shape index (κ1) is 18.9. The van der Waals surface area contributed by atoms with Crippen LogP contribution in [0.4, 0.5) is 5.69 Å². The fourth-order valence-corrected chi connectivity index (χ4v) is 2.35. The van der Waals surface area contributed by atoms with Gasteiger partial charge in [-0.1, -0.05) is 41.4 Å². The van der Waals surface area contributed by atoms with Crippen molar-refractivity contribution in [1.82, 2.24) is 0 Å². The molecule has 0 saturated heterocycles. The zero-order valence-electron chi connectivity index (χ0n) is 13.8. The van der Waals surface area contributed by atoms with Crippen LogP contribution in [0.15, 0.2) is 48.0 Å². The van der Waals surface area contributed by atoms with Crippen LogP contribution in [0.3, 0.4) is 0 Å². The zero-order chi connectivity index (χ0) is 18.4. The molecule has 0 aromatic heterocycles. The maximum Gasteiger partial charge on any atom is 0.349 e. The van der Waals surface area contributed by atoms with Crippen molar-refractivity contribution in [3.63, 3.8) is 0 Å². The Morgan fingerprint density at radius 2 is 1.84 bits per heavy atom. The van der Waals surface area contributed by atoms with Gasteiger partial charge in [-0.25, -0.2) is 4.79 Å². The predicted octanol–water partition coefficient (Wildman–Crippen LogP) is 4.71. The van der Waals surface area contributed by atoms with Gasteiger partial charge in [0.05, 0.1) is 10.0 Å². The van der Waals surface area contributed by atoms with Crippen molar-refractivity contribution in [3.8, 4) is 6.07 Å². The lowest BCUT2D eigenvalue weighted by molar-refractivity contribution is -0.139. The average molecular weight is 375 g/mol. The van der Waals surface area contributed by atoms with Gasteiger partial charge in [-0.3, -0.25) is 0 Å². The average Bonchev–Trinajstić information content (AvgIpc) is 2.60. The molecule has 0 heterocycles. The van der Waals surface area contributed by atoms with Gasteiger partial charge in [-0.05, 0) is 41.5 Å². The molecule has 0 atom stereocenters. The molecule has 0 aliphatic rings. The van der Waals surface area contributed by atoms with Crippen LogP contribution in [-0.4, -0.2) is 20.1 Å². The van der Waals surface area contributed by atoms with Crippen molar-refractivity contribution in [1.29, 1.82) is 5.26 Å². The molecule has 6 heteroatoms. The third kappa shape index (κ3) is 5.25. The number of carbonyl (C=O) groups excluding carboxylic acids is 1. The molecule has 0 aliphatic carbocycles. The van der Waals surface area contributed by atoms with Crippen LogP contribution in [0.1, 0.15) is 11.1 Å². The van der Waals surface area contributed by atoms with Gasteiger partial charge in [0.2, 0.25) is 0 Å². The van der Waals surface area contributed by atoms with E-state index in [2.05, 4.69) is 0 Å². The fourth-order valence-electron chi connectivity index (χ4n) is 2.03. The van der Waals surface area contributed by atoms with E-state index < -0.39 is 5.97 Å². The number of carbonyl (C=O) groups is 1. The van der Waals surface area contributed by atoms with Gasteiger partial charge in [-0.15, -0.1) is 0 Å². The summed E-state index contributed by atoms with van der Waals surface area (Å²) < 4.78 is 5.17. The maximum atomic E-state index is 12.1. The molecule has 0 N–H and O–H groups in total. The Balaban J connectivity index is 2.07. The van der Waals surface area contributed by atoms with Crippen molar-refractivity contribution in [2.75, 3.05) is 19.0 Å². The van der Waals surface area contributed by atoms with E-state index in [1.807, 2.05) is 49.3 Å². The second-order valence-corrected chi connectivity index (χ2v) is 6.29. The standard InChI is InChI=1S/C19H16Cl2N2O2/c1-23(2)16-6-3-13(4-7-16)9-15(11-22)19(24)25-12-14-5-8-17(20)18(21)10-14/h3-10H,12H2,1-2H3/b15-9-. The predicted molar refractivity (Wildman–Crippen MR) is 101 cm³/mol. The normalized spacial score (nSPS) is 10.9. The van der Waals surface area contributed by atoms with Gasteiger partial charge in [-0.2, -0.15) is 5.26 Å². The first-order valence-corrected chi connectivity index (χ1v) is 8.16. The van der Waals surface area contributed by atoms with Gasteiger partial charge in [0, 0.05) is 19.8 Å². The summed E-state index contributed by atoms with van der Waals surface area (Å²) in [4.78, 5) is 14.1. The molecule has 0 unspecified atom stereocenters. The number of rotatable bonds is 5. The van der Waals surface area contributed by atoms with Gasteiger partial charge < -0.3 is 9.64 Å². The van der Waals surface area contributed by atoms with E-state index in [4.69, 9.17) is 27.9 Å². The highest BCUT2D eigenvalue weighted by Crippen LogP contribution is 2.23. The molecule has 0 bridgehead atoms. The van der Waals surface area contributed by atoms with Crippen molar-refractivity contribution in [3.05, 3.63) is 69.2 Å². The SMILES string of the molecule is CN(C)c1ccc(/C=C(/C#N)C(=O)OCc2ccc(Cl)c(Cl)c2)cc1. The summed E-state index contributed by atoms with van der Waals surface area (Å²) in [5, 5.41) is 10.0. The molecule has 0 aliphatic heterocycles. The minimum atomic E-state index is -0.690. The lowest BCUT2D eigenvalue weighted by atomic mass is 10.1. The van der Waals surface area contributed by atoms with E-state index in [1.165, 1.54) is 6.08 Å².